The second-order valence-electron chi connectivity index (χ2n) is 6.67. The van der Waals surface area contributed by atoms with Crippen LogP contribution in [0.3, 0.4) is 0 Å². The first kappa shape index (κ1) is 19.2. The molecule has 0 aliphatic heterocycles. The number of unbranched alkanes of at least 4 members (excludes halogenated alkanes) is 8. The van der Waals surface area contributed by atoms with E-state index in [9.17, 15) is 0 Å². The quantitative estimate of drug-likeness (QED) is 0.410. The van der Waals surface area contributed by atoms with E-state index in [4.69, 9.17) is 5.73 Å². The highest BCUT2D eigenvalue weighted by Crippen LogP contribution is 2.22. The van der Waals surface area contributed by atoms with Crippen LogP contribution in [0.15, 0.2) is 24.3 Å². The van der Waals surface area contributed by atoms with Crippen molar-refractivity contribution in [1.29, 1.82) is 0 Å². The van der Waals surface area contributed by atoms with Crippen molar-refractivity contribution in [1.82, 2.24) is 0 Å². The van der Waals surface area contributed by atoms with Gasteiger partial charge in [-0.3, -0.25) is 0 Å². The largest absolute Gasteiger partial charge is 0.324 e. The van der Waals surface area contributed by atoms with E-state index >= 15 is 0 Å². The minimum absolute atomic E-state index is 0.229. The van der Waals surface area contributed by atoms with Gasteiger partial charge in [-0.15, -0.1) is 0 Å². The van der Waals surface area contributed by atoms with Crippen LogP contribution < -0.4 is 5.73 Å². The Morgan fingerprint density at radius 2 is 1.36 bits per heavy atom. The Morgan fingerprint density at radius 1 is 0.773 bits per heavy atom. The molecular weight excluding hydrogens is 266 g/mol. The van der Waals surface area contributed by atoms with Gasteiger partial charge in [0.25, 0.3) is 0 Å². The molecule has 0 amide bonds. The second-order valence-corrected chi connectivity index (χ2v) is 6.67. The van der Waals surface area contributed by atoms with Crippen LogP contribution in [0.25, 0.3) is 0 Å². The minimum atomic E-state index is 0.229. The molecule has 0 aliphatic rings. The van der Waals surface area contributed by atoms with Crippen molar-refractivity contribution >= 4 is 0 Å². The highest BCUT2D eigenvalue weighted by molar-refractivity contribution is 5.29. The van der Waals surface area contributed by atoms with Gasteiger partial charge in [-0.2, -0.15) is 0 Å². The van der Waals surface area contributed by atoms with Gasteiger partial charge in [-0.1, -0.05) is 102 Å². The third kappa shape index (κ3) is 7.98. The van der Waals surface area contributed by atoms with E-state index in [1.807, 2.05) is 0 Å². The molecule has 22 heavy (non-hydrogen) atoms. The van der Waals surface area contributed by atoms with Crippen LogP contribution in [0.1, 0.15) is 102 Å². The molecule has 0 spiro atoms. The number of hydrogen-bond donors (Lipinski definition) is 1. The molecule has 0 saturated carbocycles. The van der Waals surface area contributed by atoms with E-state index in [-0.39, 0.29) is 6.04 Å². The smallest absolute Gasteiger partial charge is 0.0297 e. The van der Waals surface area contributed by atoms with Crippen molar-refractivity contribution in [2.75, 3.05) is 0 Å². The summed E-state index contributed by atoms with van der Waals surface area (Å²) in [6, 6.07) is 8.97. The van der Waals surface area contributed by atoms with Gasteiger partial charge in [0.1, 0.15) is 0 Å². The summed E-state index contributed by atoms with van der Waals surface area (Å²) in [4.78, 5) is 0. The molecule has 126 valence electrons. The zero-order valence-electron chi connectivity index (χ0n) is 14.9. The standard InChI is InChI=1S/C21H37N/c1-3-5-6-7-8-9-10-11-12-18-21(22)20-17-14-13-16-19(20)15-4-2/h13-14,16-17,21H,3-12,15,18,22H2,1-2H3. The van der Waals surface area contributed by atoms with Gasteiger partial charge in [0, 0.05) is 6.04 Å². The summed E-state index contributed by atoms with van der Waals surface area (Å²) in [5.74, 6) is 0. The van der Waals surface area contributed by atoms with Gasteiger partial charge in [0.15, 0.2) is 0 Å². The first-order valence-electron chi connectivity index (χ1n) is 9.63. The predicted octanol–water partition coefficient (Wildman–Crippen LogP) is 6.56. The summed E-state index contributed by atoms with van der Waals surface area (Å²) in [6.07, 6.45) is 15.9. The Morgan fingerprint density at radius 3 is 2.00 bits per heavy atom. The average molecular weight is 304 g/mol. The highest BCUT2D eigenvalue weighted by Gasteiger charge is 2.09. The fraction of sp³-hybridized carbons (Fsp3) is 0.714. The lowest BCUT2D eigenvalue weighted by molar-refractivity contribution is 0.531. The molecule has 1 aromatic carbocycles. The SMILES string of the molecule is CCCCCCCCCCCC(N)c1ccccc1CCC. The number of hydrogen-bond acceptors (Lipinski definition) is 1. The number of nitrogens with two attached hydrogens (primary N) is 1. The van der Waals surface area contributed by atoms with Crippen molar-refractivity contribution in [2.45, 2.75) is 96.9 Å². The molecule has 0 radical (unpaired) electrons. The normalized spacial score (nSPS) is 12.5. The van der Waals surface area contributed by atoms with Crippen molar-refractivity contribution in [2.24, 2.45) is 5.73 Å². The molecule has 0 fully saturated rings. The molecule has 0 bridgehead atoms. The molecular formula is C21H37N. The maximum absolute atomic E-state index is 6.42. The average Bonchev–Trinajstić information content (AvgIpc) is 2.54. The summed E-state index contributed by atoms with van der Waals surface area (Å²) < 4.78 is 0. The summed E-state index contributed by atoms with van der Waals surface area (Å²) in [5.41, 5.74) is 9.25. The lowest BCUT2D eigenvalue weighted by atomic mass is 9.94. The minimum Gasteiger partial charge on any atom is -0.324 e. The Bertz CT molecular complexity index is 372. The third-order valence-corrected chi connectivity index (χ3v) is 4.59. The Hall–Kier alpha value is -0.820. The lowest BCUT2D eigenvalue weighted by Gasteiger charge is -2.16. The predicted molar refractivity (Wildman–Crippen MR) is 99.2 cm³/mol. The maximum Gasteiger partial charge on any atom is 0.0297 e. The fourth-order valence-electron chi connectivity index (χ4n) is 3.22. The van der Waals surface area contributed by atoms with Crippen LogP contribution in [0.2, 0.25) is 0 Å². The van der Waals surface area contributed by atoms with E-state index < -0.39 is 0 Å². The Labute approximate surface area is 138 Å². The zero-order chi connectivity index (χ0) is 16.0. The van der Waals surface area contributed by atoms with Crippen LogP contribution >= 0.6 is 0 Å². The van der Waals surface area contributed by atoms with Gasteiger partial charge in [-0.25, -0.2) is 0 Å². The molecule has 1 unspecified atom stereocenters. The number of aryl methyl sites for hydroxylation is 1. The number of rotatable bonds is 13. The summed E-state index contributed by atoms with van der Waals surface area (Å²) in [5, 5.41) is 0. The molecule has 1 heteroatoms. The Kier molecular flexibility index (Phi) is 11.1. The van der Waals surface area contributed by atoms with Gasteiger partial charge in [0.2, 0.25) is 0 Å². The summed E-state index contributed by atoms with van der Waals surface area (Å²) in [7, 11) is 0. The first-order chi connectivity index (χ1) is 10.8. The van der Waals surface area contributed by atoms with Crippen LogP contribution in [-0.4, -0.2) is 0 Å². The molecule has 0 saturated heterocycles. The van der Waals surface area contributed by atoms with Crippen LogP contribution in [0.5, 0.6) is 0 Å². The molecule has 1 atom stereocenters. The molecule has 2 N–H and O–H groups in total. The topological polar surface area (TPSA) is 26.0 Å². The van der Waals surface area contributed by atoms with Crippen LogP contribution in [0, 0.1) is 0 Å². The molecule has 1 rings (SSSR count). The van der Waals surface area contributed by atoms with Gasteiger partial charge in [0.05, 0.1) is 0 Å². The molecule has 0 aromatic heterocycles. The van der Waals surface area contributed by atoms with E-state index in [0.717, 1.165) is 12.8 Å². The van der Waals surface area contributed by atoms with E-state index in [1.54, 1.807) is 0 Å². The van der Waals surface area contributed by atoms with E-state index in [0.29, 0.717) is 0 Å². The van der Waals surface area contributed by atoms with Crippen molar-refractivity contribution in [3.8, 4) is 0 Å². The van der Waals surface area contributed by atoms with Crippen molar-refractivity contribution in [3.63, 3.8) is 0 Å². The van der Waals surface area contributed by atoms with Gasteiger partial charge >= 0.3 is 0 Å². The summed E-state index contributed by atoms with van der Waals surface area (Å²) >= 11 is 0. The van der Waals surface area contributed by atoms with E-state index in [1.165, 1.54) is 75.3 Å². The lowest BCUT2D eigenvalue weighted by Crippen LogP contribution is -2.12. The monoisotopic (exact) mass is 303 g/mol. The van der Waals surface area contributed by atoms with E-state index in [2.05, 4.69) is 38.1 Å². The molecule has 1 aromatic rings. The first-order valence-corrected chi connectivity index (χ1v) is 9.63. The maximum atomic E-state index is 6.42. The van der Waals surface area contributed by atoms with Crippen molar-refractivity contribution in [3.05, 3.63) is 35.4 Å². The zero-order valence-corrected chi connectivity index (χ0v) is 14.9. The van der Waals surface area contributed by atoms with Crippen LogP contribution in [0.4, 0.5) is 0 Å². The molecule has 0 aliphatic carbocycles. The third-order valence-electron chi connectivity index (χ3n) is 4.59. The fourth-order valence-corrected chi connectivity index (χ4v) is 3.22. The highest BCUT2D eigenvalue weighted by atomic mass is 14.6. The number of benzene rings is 1. The Balaban J connectivity index is 2.14. The van der Waals surface area contributed by atoms with Gasteiger partial charge < -0.3 is 5.73 Å². The molecule has 1 nitrogen and oxygen atoms in total. The second kappa shape index (κ2) is 12.7. The van der Waals surface area contributed by atoms with Gasteiger partial charge in [-0.05, 0) is 24.0 Å². The van der Waals surface area contributed by atoms with Crippen LogP contribution in [-0.2, 0) is 6.42 Å². The summed E-state index contributed by atoms with van der Waals surface area (Å²) in [6.45, 7) is 4.52. The van der Waals surface area contributed by atoms with Crippen molar-refractivity contribution < 1.29 is 0 Å². The molecule has 0 heterocycles.